The molecule has 0 N–H and O–H groups in total. The Morgan fingerprint density at radius 3 is 2.67 bits per heavy atom. The number of carbonyl (C=O) groups is 1. The number of halogens is 1. The van der Waals surface area contributed by atoms with Gasteiger partial charge in [-0.3, -0.25) is 9.80 Å². The van der Waals surface area contributed by atoms with Gasteiger partial charge in [0.2, 0.25) is 5.91 Å². The molecule has 1 amide bonds. The summed E-state index contributed by atoms with van der Waals surface area (Å²) in [5.74, 6) is -0.248. The van der Waals surface area contributed by atoms with Gasteiger partial charge in [-0.2, -0.15) is 0 Å². The van der Waals surface area contributed by atoms with E-state index in [1.54, 1.807) is 23.2 Å². The summed E-state index contributed by atoms with van der Waals surface area (Å²) in [6.45, 7) is 4.11. The third-order valence-corrected chi connectivity index (χ3v) is 4.05. The number of hydrogen-bond donors (Lipinski definition) is 0. The summed E-state index contributed by atoms with van der Waals surface area (Å²) in [6.07, 6.45) is 2.15. The Labute approximate surface area is 106 Å². The topological polar surface area (TPSA) is 23.6 Å². The van der Waals surface area contributed by atoms with Crippen LogP contribution in [0.4, 0.5) is 4.39 Å². The Hall–Kier alpha value is -1.42. The lowest BCUT2D eigenvalue weighted by atomic mass is 9.82. The van der Waals surface area contributed by atoms with Crippen molar-refractivity contribution in [3.05, 3.63) is 35.6 Å². The molecule has 0 radical (unpaired) electrons. The molecule has 3 nitrogen and oxygen atoms in total. The molecular formula is C14H17FN2O. The van der Waals surface area contributed by atoms with E-state index in [-0.39, 0.29) is 11.7 Å². The molecule has 1 atom stereocenters. The maximum atomic E-state index is 13.9. The third-order valence-electron chi connectivity index (χ3n) is 4.05. The number of fused-ring (bicyclic) bond motifs is 1. The van der Waals surface area contributed by atoms with E-state index in [1.165, 1.54) is 6.07 Å². The number of amides is 1. The second-order valence-electron chi connectivity index (χ2n) is 5.34. The summed E-state index contributed by atoms with van der Waals surface area (Å²) in [5, 5.41) is 3.87. The Kier molecular flexibility index (Phi) is 2.63. The summed E-state index contributed by atoms with van der Waals surface area (Å²) < 4.78 is 13.9. The first kappa shape index (κ1) is 11.7. The largest absolute Gasteiger partial charge is 0.275 e. The molecule has 0 bridgehead atoms. The van der Waals surface area contributed by atoms with Gasteiger partial charge in [-0.25, -0.2) is 9.40 Å². The van der Waals surface area contributed by atoms with Gasteiger partial charge in [0.15, 0.2) is 0 Å². The maximum Gasteiger partial charge on any atom is 0.248 e. The average molecular weight is 248 g/mol. The molecule has 0 aromatic heterocycles. The molecule has 96 valence electrons. The quantitative estimate of drug-likeness (QED) is 0.758. The molecule has 0 aliphatic carbocycles. The van der Waals surface area contributed by atoms with E-state index >= 15 is 0 Å². The van der Waals surface area contributed by atoms with Gasteiger partial charge in [0.1, 0.15) is 5.82 Å². The summed E-state index contributed by atoms with van der Waals surface area (Å²) in [4.78, 5) is 12.5. The van der Waals surface area contributed by atoms with E-state index in [2.05, 4.69) is 5.01 Å². The molecule has 18 heavy (non-hydrogen) atoms. The predicted octanol–water partition coefficient (Wildman–Crippen LogP) is 1.94. The fraction of sp³-hybridized carbons (Fsp3) is 0.500. The number of benzene rings is 1. The highest BCUT2D eigenvalue weighted by atomic mass is 19.1. The van der Waals surface area contributed by atoms with Crippen LogP contribution in [0.15, 0.2) is 24.3 Å². The summed E-state index contributed by atoms with van der Waals surface area (Å²) >= 11 is 0. The first-order chi connectivity index (χ1) is 8.63. The Morgan fingerprint density at radius 2 is 1.94 bits per heavy atom. The molecule has 2 heterocycles. The fourth-order valence-corrected chi connectivity index (χ4v) is 3.04. The van der Waals surface area contributed by atoms with Crippen LogP contribution in [0.1, 0.15) is 25.3 Å². The lowest BCUT2D eigenvalue weighted by Gasteiger charge is -2.31. The van der Waals surface area contributed by atoms with Crippen LogP contribution < -0.4 is 0 Å². The Balaban J connectivity index is 2.01. The van der Waals surface area contributed by atoms with E-state index in [0.717, 1.165) is 25.9 Å². The van der Waals surface area contributed by atoms with Crippen LogP contribution in [0.5, 0.6) is 0 Å². The minimum Gasteiger partial charge on any atom is -0.275 e. The molecule has 2 saturated heterocycles. The number of hydrazine groups is 1. The summed E-state index contributed by atoms with van der Waals surface area (Å²) in [6, 6.07) is 6.62. The molecule has 0 saturated carbocycles. The van der Waals surface area contributed by atoms with Crippen LogP contribution in [-0.2, 0) is 10.2 Å². The zero-order valence-corrected chi connectivity index (χ0v) is 10.5. The Morgan fingerprint density at radius 1 is 1.22 bits per heavy atom. The predicted molar refractivity (Wildman–Crippen MR) is 66.3 cm³/mol. The molecule has 1 aromatic rings. The first-order valence-electron chi connectivity index (χ1n) is 6.45. The molecule has 0 spiro atoms. The van der Waals surface area contributed by atoms with Gasteiger partial charge in [0, 0.05) is 25.2 Å². The van der Waals surface area contributed by atoms with E-state index in [9.17, 15) is 9.18 Å². The summed E-state index contributed by atoms with van der Waals surface area (Å²) in [7, 11) is 0. The van der Waals surface area contributed by atoms with Crippen LogP contribution in [-0.4, -0.2) is 35.6 Å². The number of rotatable bonds is 1. The maximum absolute atomic E-state index is 13.9. The third kappa shape index (κ3) is 1.56. The number of hydrogen-bond acceptors (Lipinski definition) is 2. The van der Waals surface area contributed by atoms with Gasteiger partial charge >= 0.3 is 0 Å². The van der Waals surface area contributed by atoms with Crippen molar-refractivity contribution in [3.8, 4) is 0 Å². The van der Waals surface area contributed by atoms with Crippen molar-refractivity contribution < 1.29 is 9.18 Å². The lowest BCUT2D eigenvalue weighted by molar-refractivity contribution is -0.142. The van der Waals surface area contributed by atoms with Crippen molar-refractivity contribution in [2.75, 3.05) is 19.6 Å². The van der Waals surface area contributed by atoms with Crippen LogP contribution in [0, 0.1) is 5.82 Å². The van der Waals surface area contributed by atoms with Crippen LogP contribution in [0.3, 0.4) is 0 Å². The second kappa shape index (κ2) is 4.05. The monoisotopic (exact) mass is 248 g/mol. The lowest BCUT2D eigenvalue weighted by Crippen LogP contribution is -2.44. The van der Waals surface area contributed by atoms with Gasteiger partial charge in [-0.05, 0) is 25.8 Å². The van der Waals surface area contributed by atoms with Gasteiger partial charge in [-0.15, -0.1) is 0 Å². The normalized spacial score (nSPS) is 28.6. The van der Waals surface area contributed by atoms with Crippen molar-refractivity contribution in [2.45, 2.75) is 25.2 Å². The molecule has 2 aliphatic rings. The van der Waals surface area contributed by atoms with Crippen LogP contribution in [0.25, 0.3) is 0 Å². The molecule has 1 unspecified atom stereocenters. The highest BCUT2D eigenvalue weighted by Crippen LogP contribution is 2.36. The van der Waals surface area contributed by atoms with Gasteiger partial charge < -0.3 is 0 Å². The standard InChI is InChI=1S/C14H17FN2O/c1-14(11-6-2-3-7-12(11)15)10-16-8-4-5-9-17(16)13(14)18/h2-3,6-7H,4-5,8-10H2,1H3. The zero-order valence-electron chi connectivity index (χ0n) is 10.5. The Bertz CT molecular complexity index is 490. The van der Waals surface area contributed by atoms with Crippen LogP contribution >= 0.6 is 0 Å². The smallest absolute Gasteiger partial charge is 0.248 e. The van der Waals surface area contributed by atoms with Gasteiger partial charge in [0.05, 0.1) is 5.41 Å². The molecule has 2 aliphatic heterocycles. The molecule has 2 fully saturated rings. The van der Waals surface area contributed by atoms with Crippen LogP contribution in [0.2, 0.25) is 0 Å². The minimum absolute atomic E-state index is 0.0345. The van der Waals surface area contributed by atoms with Crippen molar-refractivity contribution in [1.29, 1.82) is 0 Å². The SMILES string of the molecule is CC1(c2ccccc2F)CN2CCCCN2C1=O. The highest BCUT2D eigenvalue weighted by Gasteiger charge is 2.50. The van der Waals surface area contributed by atoms with Gasteiger partial charge in [0.25, 0.3) is 0 Å². The number of nitrogens with zero attached hydrogens (tertiary/aromatic N) is 2. The van der Waals surface area contributed by atoms with Crippen molar-refractivity contribution >= 4 is 5.91 Å². The fourth-order valence-electron chi connectivity index (χ4n) is 3.04. The van der Waals surface area contributed by atoms with Crippen molar-refractivity contribution in [3.63, 3.8) is 0 Å². The minimum atomic E-state index is -0.740. The van der Waals surface area contributed by atoms with E-state index in [0.29, 0.717) is 12.1 Å². The van der Waals surface area contributed by atoms with Crippen molar-refractivity contribution in [1.82, 2.24) is 10.0 Å². The molecule has 4 heteroatoms. The first-order valence-corrected chi connectivity index (χ1v) is 6.45. The van der Waals surface area contributed by atoms with Crippen molar-refractivity contribution in [2.24, 2.45) is 0 Å². The molecular weight excluding hydrogens is 231 g/mol. The summed E-state index contributed by atoms with van der Waals surface area (Å²) in [5.41, 5.74) is -0.222. The molecule has 1 aromatic carbocycles. The van der Waals surface area contributed by atoms with E-state index in [4.69, 9.17) is 0 Å². The zero-order chi connectivity index (χ0) is 12.8. The second-order valence-corrected chi connectivity index (χ2v) is 5.34. The van der Waals surface area contributed by atoms with E-state index in [1.807, 2.05) is 6.92 Å². The highest BCUT2D eigenvalue weighted by molar-refractivity contribution is 5.89. The average Bonchev–Trinajstić information content (AvgIpc) is 2.64. The number of carbonyl (C=O) groups excluding carboxylic acids is 1. The van der Waals surface area contributed by atoms with E-state index < -0.39 is 5.41 Å². The van der Waals surface area contributed by atoms with Gasteiger partial charge in [-0.1, -0.05) is 18.2 Å². The molecule has 3 rings (SSSR count).